The minimum Gasteiger partial charge on any atom is -0.480 e. The van der Waals surface area contributed by atoms with Crippen molar-refractivity contribution in [3.05, 3.63) is 0 Å². The number of carbonyl (C=O) groups excluding carboxylic acids is 2. The summed E-state index contributed by atoms with van der Waals surface area (Å²) in [4.78, 5) is 35.6. The number of urea groups is 1. The van der Waals surface area contributed by atoms with Gasteiger partial charge in [-0.05, 0) is 6.42 Å². The fraction of sp³-hybridized carbons (Fsp3) is 0.750. The Balaban J connectivity index is 2.50. The Labute approximate surface area is 117 Å². The fourth-order valence-electron chi connectivity index (χ4n) is 2.08. The zero-order valence-electron chi connectivity index (χ0n) is 11.6. The Hall–Kier alpha value is -1.83. The highest BCUT2D eigenvalue weighted by Gasteiger charge is 2.30. The van der Waals surface area contributed by atoms with Gasteiger partial charge in [0, 0.05) is 26.1 Å². The summed E-state index contributed by atoms with van der Waals surface area (Å²) in [5, 5.41) is 11.3. The van der Waals surface area contributed by atoms with E-state index in [9.17, 15) is 14.4 Å². The molecule has 0 saturated carbocycles. The average molecular weight is 288 g/mol. The van der Waals surface area contributed by atoms with Crippen LogP contribution < -0.4 is 5.32 Å². The topological polar surface area (TPSA) is 105 Å². The van der Waals surface area contributed by atoms with Crippen LogP contribution in [0.25, 0.3) is 0 Å². The number of nitrogens with zero attached hydrogens (tertiary/aromatic N) is 1. The van der Waals surface area contributed by atoms with Crippen molar-refractivity contribution in [1.82, 2.24) is 10.2 Å². The monoisotopic (exact) mass is 288 g/mol. The highest BCUT2D eigenvalue weighted by atomic mass is 16.5. The number of rotatable bonds is 6. The number of hydrogen-bond acceptors (Lipinski definition) is 5. The van der Waals surface area contributed by atoms with E-state index in [2.05, 4.69) is 10.1 Å². The number of amides is 2. The summed E-state index contributed by atoms with van der Waals surface area (Å²) >= 11 is 0. The van der Waals surface area contributed by atoms with Crippen LogP contribution in [0.4, 0.5) is 4.79 Å². The van der Waals surface area contributed by atoms with Crippen LogP contribution in [0.3, 0.4) is 0 Å². The molecule has 114 valence electrons. The summed E-state index contributed by atoms with van der Waals surface area (Å²) in [6, 6.07) is -1.77. The molecular weight excluding hydrogens is 268 g/mol. The summed E-state index contributed by atoms with van der Waals surface area (Å²) in [6.07, 6.45) is 0.420. The largest absolute Gasteiger partial charge is 0.480 e. The second-order valence-corrected chi connectivity index (χ2v) is 4.68. The van der Waals surface area contributed by atoms with Gasteiger partial charge in [-0.3, -0.25) is 4.79 Å². The molecule has 1 saturated heterocycles. The van der Waals surface area contributed by atoms with Crippen molar-refractivity contribution >= 4 is 18.0 Å². The van der Waals surface area contributed by atoms with E-state index in [1.165, 1.54) is 12.0 Å². The van der Waals surface area contributed by atoms with Crippen molar-refractivity contribution in [2.75, 3.05) is 33.9 Å². The maximum absolute atomic E-state index is 11.9. The summed E-state index contributed by atoms with van der Waals surface area (Å²) in [5.74, 6) is -1.69. The second kappa shape index (κ2) is 7.68. The molecule has 2 amide bonds. The van der Waals surface area contributed by atoms with Gasteiger partial charge in [-0.15, -0.1) is 0 Å². The maximum Gasteiger partial charge on any atom is 0.326 e. The lowest BCUT2D eigenvalue weighted by Gasteiger charge is -2.20. The van der Waals surface area contributed by atoms with Gasteiger partial charge in [0.25, 0.3) is 0 Å². The van der Waals surface area contributed by atoms with Crippen LogP contribution in [-0.4, -0.2) is 67.9 Å². The zero-order chi connectivity index (χ0) is 15.1. The van der Waals surface area contributed by atoms with Gasteiger partial charge < -0.3 is 24.8 Å². The number of methoxy groups -OCH3 is 2. The van der Waals surface area contributed by atoms with Crippen LogP contribution in [0.2, 0.25) is 0 Å². The van der Waals surface area contributed by atoms with Crippen LogP contribution in [0.15, 0.2) is 0 Å². The molecule has 0 aliphatic carbocycles. The molecule has 1 aliphatic rings. The lowest BCUT2D eigenvalue weighted by atomic mass is 10.1. The minimum absolute atomic E-state index is 0.259. The molecule has 2 atom stereocenters. The van der Waals surface area contributed by atoms with Crippen LogP contribution >= 0.6 is 0 Å². The predicted molar refractivity (Wildman–Crippen MR) is 68.1 cm³/mol. The van der Waals surface area contributed by atoms with Crippen LogP contribution in [0.5, 0.6) is 0 Å². The first-order valence-electron chi connectivity index (χ1n) is 6.32. The molecule has 0 aromatic heterocycles. The first-order valence-corrected chi connectivity index (χ1v) is 6.32. The van der Waals surface area contributed by atoms with E-state index in [-0.39, 0.29) is 5.92 Å². The number of likely N-dealkylation sites (tertiary alicyclic amines) is 1. The average Bonchev–Trinajstić information content (AvgIpc) is 2.86. The van der Waals surface area contributed by atoms with E-state index < -0.39 is 30.4 Å². The quantitative estimate of drug-likeness (QED) is 0.649. The molecule has 0 aromatic rings. The number of hydrogen-bond donors (Lipinski definition) is 2. The van der Waals surface area contributed by atoms with Gasteiger partial charge in [-0.25, -0.2) is 9.59 Å². The molecular formula is C12H20N2O6. The van der Waals surface area contributed by atoms with Gasteiger partial charge in [0.1, 0.15) is 6.04 Å². The third-order valence-electron chi connectivity index (χ3n) is 3.17. The number of carbonyl (C=O) groups is 3. The van der Waals surface area contributed by atoms with E-state index in [4.69, 9.17) is 9.84 Å². The van der Waals surface area contributed by atoms with Crippen molar-refractivity contribution in [3.63, 3.8) is 0 Å². The van der Waals surface area contributed by atoms with Gasteiger partial charge in [0.15, 0.2) is 0 Å². The zero-order valence-corrected chi connectivity index (χ0v) is 11.6. The number of carboxylic acid groups (broad SMARTS) is 1. The molecule has 1 fully saturated rings. The van der Waals surface area contributed by atoms with Gasteiger partial charge in [0.05, 0.1) is 20.1 Å². The van der Waals surface area contributed by atoms with E-state index in [0.29, 0.717) is 19.7 Å². The molecule has 8 heteroatoms. The third-order valence-corrected chi connectivity index (χ3v) is 3.17. The van der Waals surface area contributed by atoms with Gasteiger partial charge >= 0.3 is 18.0 Å². The number of esters is 1. The SMILES string of the molecule is COCC1CCN(C(=O)N[C@@H](CC(=O)OC)C(=O)O)C1. The summed E-state index contributed by atoms with van der Waals surface area (Å²) in [7, 11) is 2.76. The summed E-state index contributed by atoms with van der Waals surface area (Å²) < 4.78 is 9.43. The summed E-state index contributed by atoms with van der Waals surface area (Å²) in [6.45, 7) is 1.63. The number of carboxylic acids is 1. The molecule has 0 bridgehead atoms. The van der Waals surface area contributed by atoms with E-state index in [1.807, 2.05) is 0 Å². The van der Waals surface area contributed by atoms with E-state index in [1.54, 1.807) is 7.11 Å². The molecule has 0 spiro atoms. The van der Waals surface area contributed by atoms with Gasteiger partial charge in [0.2, 0.25) is 0 Å². The highest BCUT2D eigenvalue weighted by Crippen LogP contribution is 2.16. The predicted octanol–water partition coefficient (Wildman–Crippen LogP) is -0.319. The molecule has 20 heavy (non-hydrogen) atoms. The van der Waals surface area contributed by atoms with E-state index >= 15 is 0 Å². The maximum atomic E-state index is 11.9. The molecule has 8 nitrogen and oxygen atoms in total. The molecule has 1 unspecified atom stereocenters. The Morgan fingerprint density at radius 2 is 2.10 bits per heavy atom. The van der Waals surface area contributed by atoms with E-state index in [0.717, 1.165) is 6.42 Å². The molecule has 1 heterocycles. The van der Waals surface area contributed by atoms with Crippen LogP contribution in [-0.2, 0) is 19.1 Å². The van der Waals surface area contributed by atoms with Crippen LogP contribution in [0.1, 0.15) is 12.8 Å². The fourth-order valence-corrected chi connectivity index (χ4v) is 2.08. The molecule has 0 aromatic carbocycles. The van der Waals surface area contributed by atoms with Crippen molar-refractivity contribution < 1.29 is 29.0 Å². The summed E-state index contributed by atoms with van der Waals surface area (Å²) in [5.41, 5.74) is 0. The Kier molecular flexibility index (Phi) is 6.23. The molecule has 1 aliphatic heterocycles. The Morgan fingerprint density at radius 1 is 1.40 bits per heavy atom. The normalized spacial score (nSPS) is 19.5. The van der Waals surface area contributed by atoms with Gasteiger partial charge in [-0.2, -0.15) is 0 Å². The van der Waals surface area contributed by atoms with Crippen LogP contribution in [0, 0.1) is 5.92 Å². The van der Waals surface area contributed by atoms with Crippen molar-refractivity contribution in [1.29, 1.82) is 0 Å². The van der Waals surface area contributed by atoms with Crippen molar-refractivity contribution in [2.24, 2.45) is 5.92 Å². The third kappa shape index (κ3) is 4.69. The number of aliphatic carboxylic acids is 1. The smallest absolute Gasteiger partial charge is 0.326 e. The Bertz CT molecular complexity index is 373. The molecule has 2 N–H and O–H groups in total. The Morgan fingerprint density at radius 3 is 2.65 bits per heavy atom. The van der Waals surface area contributed by atoms with Crippen molar-refractivity contribution in [3.8, 4) is 0 Å². The highest BCUT2D eigenvalue weighted by molar-refractivity contribution is 5.86. The standard InChI is InChI=1S/C12H20N2O6/c1-19-7-8-3-4-14(6-8)12(18)13-9(11(16)17)5-10(15)20-2/h8-9H,3-7H2,1-2H3,(H,13,18)(H,16,17)/t8?,9-/m0/s1. The second-order valence-electron chi connectivity index (χ2n) is 4.68. The van der Waals surface area contributed by atoms with Gasteiger partial charge in [-0.1, -0.05) is 0 Å². The lowest BCUT2D eigenvalue weighted by molar-refractivity contribution is -0.147. The molecule has 0 radical (unpaired) electrons. The first kappa shape index (κ1) is 16.2. The number of ether oxygens (including phenoxy) is 2. The number of nitrogens with one attached hydrogen (secondary N) is 1. The first-order chi connectivity index (χ1) is 9.47. The minimum atomic E-state index is -1.28. The molecule has 1 rings (SSSR count). The lowest BCUT2D eigenvalue weighted by Crippen LogP contribution is -2.48. The van der Waals surface area contributed by atoms with Crippen molar-refractivity contribution in [2.45, 2.75) is 18.9 Å².